The van der Waals surface area contributed by atoms with Crippen molar-refractivity contribution in [2.75, 3.05) is 0 Å². The van der Waals surface area contributed by atoms with E-state index in [0.29, 0.717) is 11.6 Å². The molecule has 0 atom stereocenters. The van der Waals surface area contributed by atoms with E-state index in [1.807, 2.05) is 13.1 Å². The second-order valence-electron chi connectivity index (χ2n) is 3.75. The Kier molecular flexibility index (Phi) is 2.11. The lowest BCUT2D eigenvalue weighted by molar-refractivity contribution is 0.628. The number of nitrogens with zero attached hydrogens (tertiary/aromatic N) is 4. The van der Waals surface area contributed by atoms with Crippen molar-refractivity contribution in [2.24, 2.45) is 0 Å². The molecule has 1 aromatic carbocycles. The summed E-state index contributed by atoms with van der Waals surface area (Å²) in [4.78, 5) is 8.34. The molecule has 0 aliphatic rings. The van der Waals surface area contributed by atoms with Gasteiger partial charge in [-0.25, -0.2) is 13.9 Å². The molecule has 3 rings (SSSR count). The SMILES string of the molecule is Cc1nc2ncc(-c3ccc(F)cc3)cn2n1. The largest absolute Gasteiger partial charge is 0.252 e. The average Bonchev–Trinajstić information content (AvgIpc) is 2.69. The highest BCUT2D eigenvalue weighted by atomic mass is 19.1. The van der Waals surface area contributed by atoms with E-state index in [-0.39, 0.29) is 5.82 Å². The van der Waals surface area contributed by atoms with Crippen LogP contribution in [0.15, 0.2) is 36.7 Å². The van der Waals surface area contributed by atoms with Gasteiger partial charge in [-0.15, -0.1) is 0 Å². The fourth-order valence-corrected chi connectivity index (χ4v) is 1.68. The second-order valence-corrected chi connectivity index (χ2v) is 3.75. The molecular weight excluding hydrogens is 219 g/mol. The number of aromatic nitrogens is 4. The Morgan fingerprint density at radius 2 is 1.88 bits per heavy atom. The lowest BCUT2D eigenvalue weighted by Crippen LogP contribution is -1.92. The Balaban J connectivity index is 2.13. The molecule has 0 amide bonds. The van der Waals surface area contributed by atoms with Crippen LogP contribution in [0, 0.1) is 12.7 Å². The van der Waals surface area contributed by atoms with Crippen LogP contribution in [0.2, 0.25) is 0 Å². The summed E-state index contributed by atoms with van der Waals surface area (Å²) in [6, 6.07) is 6.27. The first-order chi connectivity index (χ1) is 8.22. The lowest BCUT2D eigenvalue weighted by Gasteiger charge is -2.00. The number of rotatable bonds is 1. The van der Waals surface area contributed by atoms with E-state index in [0.717, 1.165) is 11.1 Å². The zero-order valence-corrected chi connectivity index (χ0v) is 9.13. The Morgan fingerprint density at radius 3 is 2.65 bits per heavy atom. The van der Waals surface area contributed by atoms with Gasteiger partial charge in [0.1, 0.15) is 11.6 Å². The monoisotopic (exact) mass is 228 g/mol. The molecule has 0 N–H and O–H groups in total. The van der Waals surface area contributed by atoms with Crippen LogP contribution in [0.1, 0.15) is 5.82 Å². The minimum absolute atomic E-state index is 0.251. The van der Waals surface area contributed by atoms with E-state index in [9.17, 15) is 4.39 Å². The van der Waals surface area contributed by atoms with Crippen LogP contribution in [0.25, 0.3) is 16.9 Å². The van der Waals surface area contributed by atoms with Crippen LogP contribution in [0.3, 0.4) is 0 Å². The van der Waals surface area contributed by atoms with Crippen LogP contribution in [0.4, 0.5) is 4.39 Å². The topological polar surface area (TPSA) is 43.1 Å². The van der Waals surface area contributed by atoms with E-state index in [1.54, 1.807) is 22.8 Å². The van der Waals surface area contributed by atoms with Crippen molar-refractivity contribution in [1.29, 1.82) is 0 Å². The Morgan fingerprint density at radius 1 is 1.12 bits per heavy atom. The Labute approximate surface area is 96.8 Å². The normalized spacial score (nSPS) is 10.9. The van der Waals surface area contributed by atoms with Crippen molar-refractivity contribution in [3.05, 3.63) is 48.3 Å². The number of aryl methyl sites for hydroxylation is 1. The van der Waals surface area contributed by atoms with Gasteiger partial charge in [0.05, 0.1) is 0 Å². The van der Waals surface area contributed by atoms with E-state index >= 15 is 0 Å². The van der Waals surface area contributed by atoms with Gasteiger partial charge in [-0.2, -0.15) is 10.1 Å². The maximum absolute atomic E-state index is 12.8. The van der Waals surface area contributed by atoms with Gasteiger partial charge in [0.15, 0.2) is 0 Å². The maximum atomic E-state index is 12.8. The fraction of sp³-hybridized carbons (Fsp3) is 0.0833. The molecule has 5 heteroatoms. The molecule has 0 saturated carbocycles. The van der Waals surface area contributed by atoms with Gasteiger partial charge in [0.2, 0.25) is 0 Å². The molecule has 3 aromatic rings. The first-order valence-electron chi connectivity index (χ1n) is 5.17. The number of hydrogen-bond acceptors (Lipinski definition) is 3. The van der Waals surface area contributed by atoms with Crippen LogP contribution in [-0.2, 0) is 0 Å². The van der Waals surface area contributed by atoms with Gasteiger partial charge in [-0.1, -0.05) is 12.1 Å². The summed E-state index contributed by atoms with van der Waals surface area (Å²) < 4.78 is 14.4. The summed E-state index contributed by atoms with van der Waals surface area (Å²) in [5.41, 5.74) is 1.77. The van der Waals surface area contributed by atoms with Crippen molar-refractivity contribution >= 4 is 5.78 Å². The summed E-state index contributed by atoms with van der Waals surface area (Å²) in [7, 11) is 0. The van der Waals surface area contributed by atoms with Gasteiger partial charge in [0.25, 0.3) is 5.78 Å². The third-order valence-corrected chi connectivity index (χ3v) is 2.48. The second kappa shape index (κ2) is 3.62. The number of halogens is 1. The summed E-state index contributed by atoms with van der Waals surface area (Å²) in [6.45, 7) is 1.81. The first-order valence-corrected chi connectivity index (χ1v) is 5.17. The lowest BCUT2D eigenvalue weighted by atomic mass is 10.1. The van der Waals surface area contributed by atoms with Crippen molar-refractivity contribution < 1.29 is 4.39 Å². The number of fused-ring (bicyclic) bond motifs is 1. The number of benzene rings is 1. The van der Waals surface area contributed by atoms with Crippen molar-refractivity contribution in [2.45, 2.75) is 6.92 Å². The molecule has 84 valence electrons. The van der Waals surface area contributed by atoms with Crippen LogP contribution < -0.4 is 0 Å². The van der Waals surface area contributed by atoms with Gasteiger partial charge >= 0.3 is 0 Å². The van der Waals surface area contributed by atoms with E-state index in [1.165, 1.54) is 12.1 Å². The van der Waals surface area contributed by atoms with Crippen LogP contribution in [0.5, 0.6) is 0 Å². The van der Waals surface area contributed by atoms with Crippen LogP contribution in [-0.4, -0.2) is 19.6 Å². The highest BCUT2D eigenvalue weighted by Crippen LogP contribution is 2.18. The molecular formula is C12H9FN4. The van der Waals surface area contributed by atoms with Gasteiger partial charge < -0.3 is 0 Å². The minimum Gasteiger partial charge on any atom is -0.219 e. The fourth-order valence-electron chi connectivity index (χ4n) is 1.68. The molecule has 0 bridgehead atoms. The van der Waals surface area contributed by atoms with Crippen LogP contribution >= 0.6 is 0 Å². The predicted molar refractivity (Wildman–Crippen MR) is 60.9 cm³/mol. The highest BCUT2D eigenvalue weighted by Gasteiger charge is 2.03. The molecule has 0 spiro atoms. The third-order valence-electron chi connectivity index (χ3n) is 2.48. The van der Waals surface area contributed by atoms with Gasteiger partial charge in [-0.05, 0) is 24.6 Å². The van der Waals surface area contributed by atoms with E-state index in [4.69, 9.17) is 0 Å². The summed E-state index contributed by atoms with van der Waals surface area (Å²) in [6.07, 6.45) is 3.53. The highest BCUT2D eigenvalue weighted by molar-refractivity contribution is 5.62. The molecule has 2 aromatic heterocycles. The zero-order valence-electron chi connectivity index (χ0n) is 9.13. The zero-order chi connectivity index (χ0) is 11.8. The third kappa shape index (κ3) is 1.75. The molecule has 0 radical (unpaired) electrons. The Hall–Kier alpha value is -2.30. The smallest absolute Gasteiger partial charge is 0.219 e. The number of hydrogen-bond donors (Lipinski definition) is 0. The van der Waals surface area contributed by atoms with Crippen molar-refractivity contribution in [3.63, 3.8) is 0 Å². The predicted octanol–water partition coefficient (Wildman–Crippen LogP) is 2.24. The first kappa shape index (κ1) is 9.89. The summed E-state index contributed by atoms with van der Waals surface area (Å²) in [5.74, 6) is 0.988. The van der Waals surface area contributed by atoms with E-state index in [2.05, 4.69) is 15.1 Å². The van der Waals surface area contributed by atoms with Gasteiger partial charge in [0, 0.05) is 18.0 Å². The summed E-state index contributed by atoms with van der Waals surface area (Å²) in [5, 5.41) is 4.19. The Bertz CT molecular complexity index is 673. The quantitative estimate of drug-likeness (QED) is 0.641. The molecule has 0 unspecified atom stereocenters. The molecule has 17 heavy (non-hydrogen) atoms. The maximum Gasteiger partial charge on any atom is 0.252 e. The molecule has 4 nitrogen and oxygen atoms in total. The van der Waals surface area contributed by atoms with Crippen molar-refractivity contribution in [3.8, 4) is 11.1 Å². The molecule has 2 heterocycles. The standard InChI is InChI=1S/C12H9FN4/c1-8-15-12-14-6-10(7-17(12)16-8)9-2-4-11(13)5-3-9/h2-7H,1H3. The molecule has 0 saturated heterocycles. The van der Waals surface area contributed by atoms with Gasteiger partial charge in [-0.3, -0.25) is 0 Å². The van der Waals surface area contributed by atoms with Crippen molar-refractivity contribution in [1.82, 2.24) is 19.6 Å². The molecule has 0 fully saturated rings. The molecule has 0 aliphatic carbocycles. The minimum atomic E-state index is -0.251. The van der Waals surface area contributed by atoms with E-state index < -0.39 is 0 Å². The summed E-state index contributed by atoms with van der Waals surface area (Å²) >= 11 is 0. The average molecular weight is 228 g/mol. The molecule has 0 aliphatic heterocycles.